The summed E-state index contributed by atoms with van der Waals surface area (Å²) in [5.41, 5.74) is 0.962. The Labute approximate surface area is 251 Å². The highest BCUT2D eigenvalue weighted by Gasteiger charge is 2.56. The smallest absolute Gasteiger partial charge is 0.308 e. The number of anilines is 2. The van der Waals surface area contributed by atoms with Crippen molar-refractivity contribution in [1.29, 1.82) is 0 Å². The maximum Gasteiger partial charge on any atom is 0.308 e. The Morgan fingerprint density at radius 3 is 2.09 bits per heavy atom. The average molecular weight is 643 g/mol. The SMILES string of the molecule is NS(=O)(=O)c1ccc(NC(=O)Cn2c3c(sc2=O)C(c2ccc(F)cc2)C2C(=O)N(c4ccc(F)cc4)C(=O)C2S3)cc1. The van der Waals surface area contributed by atoms with Gasteiger partial charge in [0.05, 0.1) is 21.5 Å². The van der Waals surface area contributed by atoms with E-state index in [1.54, 1.807) is 0 Å². The molecule has 3 aromatic carbocycles. The molecule has 1 saturated heterocycles. The summed E-state index contributed by atoms with van der Waals surface area (Å²) >= 11 is 1.82. The van der Waals surface area contributed by atoms with E-state index in [1.165, 1.54) is 65.2 Å². The molecule has 1 fully saturated rings. The maximum absolute atomic E-state index is 13.8. The minimum absolute atomic E-state index is 0.142. The highest BCUT2D eigenvalue weighted by Crippen LogP contribution is 2.53. The van der Waals surface area contributed by atoms with Crippen molar-refractivity contribution >= 4 is 62.2 Å². The Morgan fingerprint density at radius 1 is 0.884 bits per heavy atom. The third kappa shape index (κ3) is 5.29. The van der Waals surface area contributed by atoms with Gasteiger partial charge < -0.3 is 5.32 Å². The topological polar surface area (TPSA) is 149 Å². The van der Waals surface area contributed by atoms with Gasteiger partial charge in [-0.05, 0) is 66.2 Å². The van der Waals surface area contributed by atoms with Crippen LogP contribution in [0.4, 0.5) is 20.2 Å². The van der Waals surface area contributed by atoms with Gasteiger partial charge in [-0.25, -0.2) is 27.2 Å². The van der Waals surface area contributed by atoms with E-state index in [9.17, 15) is 36.4 Å². The van der Waals surface area contributed by atoms with Gasteiger partial charge in [0, 0.05) is 16.5 Å². The number of benzene rings is 3. The number of fused-ring (bicyclic) bond motifs is 2. The molecular weight excluding hydrogens is 623 g/mol. The summed E-state index contributed by atoms with van der Waals surface area (Å²) in [5, 5.41) is 7.05. The van der Waals surface area contributed by atoms with Crippen molar-refractivity contribution in [2.45, 2.75) is 27.6 Å². The van der Waals surface area contributed by atoms with Gasteiger partial charge in [-0.2, -0.15) is 0 Å². The number of imide groups is 1. The number of hydrogen-bond acceptors (Lipinski definition) is 8. The molecule has 4 aromatic rings. The number of thiazole rings is 1. The van der Waals surface area contributed by atoms with Crippen molar-refractivity contribution in [3.63, 3.8) is 0 Å². The summed E-state index contributed by atoms with van der Waals surface area (Å²) in [6.45, 7) is -0.439. The predicted molar refractivity (Wildman–Crippen MR) is 155 cm³/mol. The van der Waals surface area contributed by atoms with Gasteiger partial charge in [0.15, 0.2) is 0 Å². The standard InChI is InChI=1S/C28H20F2N4O6S3/c29-15-3-1-14(2-4-15)21-22-23(26(37)34(25(22)36)18-9-5-16(30)6-10-18)41-27-24(21)42-28(38)33(27)13-20(35)32-17-7-11-19(12-8-17)43(31,39)40/h1-12,21-23H,13H2,(H,32,35)(H2,31,39,40). The van der Waals surface area contributed by atoms with Crippen molar-refractivity contribution in [3.8, 4) is 0 Å². The fraction of sp³-hybridized carbons (Fsp3) is 0.143. The molecule has 43 heavy (non-hydrogen) atoms. The third-order valence-corrected chi connectivity index (χ3v) is 10.7. The number of aromatic nitrogens is 1. The molecule has 0 saturated carbocycles. The van der Waals surface area contributed by atoms with E-state index < -0.39 is 67.9 Å². The normalized spacial score (nSPS) is 19.7. The lowest BCUT2D eigenvalue weighted by molar-refractivity contribution is -0.122. The number of primary sulfonamides is 1. The monoisotopic (exact) mass is 642 g/mol. The number of thioether (sulfide) groups is 1. The summed E-state index contributed by atoms with van der Waals surface area (Å²) in [6.07, 6.45) is 0. The van der Waals surface area contributed by atoms with Crippen molar-refractivity contribution in [2.24, 2.45) is 11.1 Å². The number of rotatable bonds is 6. The van der Waals surface area contributed by atoms with E-state index in [0.29, 0.717) is 15.5 Å². The van der Waals surface area contributed by atoms with Crippen LogP contribution in [-0.2, 0) is 31.0 Å². The minimum atomic E-state index is -3.93. The zero-order valence-corrected chi connectivity index (χ0v) is 24.2. The second kappa shape index (κ2) is 10.8. The molecule has 3 N–H and O–H groups in total. The molecule has 1 aromatic heterocycles. The third-order valence-electron chi connectivity index (χ3n) is 7.13. The van der Waals surface area contributed by atoms with Gasteiger partial charge in [-0.3, -0.25) is 23.7 Å². The van der Waals surface area contributed by atoms with Crippen molar-refractivity contribution in [1.82, 2.24) is 4.57 Å². The fourth-order valence-corrected chi connectivity index (χ4v) is 8.49. The number of nitrogens with one attached hydrogen (secondary N) is 1. The maximum atomic E-state index is 13.8. The first-order valence-corrected chi connectivity index (χ1v) is 15.9. The molecule has 6 rings (SSSR count). The van der Waals surface area contributed by atoms with Crippen LogP contribution in [0.5, 0.6) is 0 Å². The van der Waals surface area contributed by atoms with E-state index in [-0.39, 0.29) is 16.3 Å². The molecule has 3 amide bonds. The second-order valence-electron chi connectivity index (χ2n) is 9.82. The number of halogens is 2. The average Bonchev–Trinajstić information content (AvgIpc) is 3.40. The van der Waals surface area contributed by atoms with Crippen LogP contribution in [-0.4, -0.2) is 36.0 Å². The Kier molecular flexibility index (Phi) is 7.28. The summed E-state index contributed by atoms with van der Waals surface area (Å²) in [4.78, 5) is 54.5. The Bertz CT molecular complexity index is 1940. The zero-order chi connectivity index (χ0) is 30.6. The summed E-state index contributed by atoms with van der Waals surface area (Å²) < 4.78 is 51.7. The van der Waals surface area contributed by atoms with E-state index in [2.05, 4.69) is 5.32 Å². The Morgan fingerprint density at radius 2 is 1.49 bits per heavy atom. The van der Waals surface area contributed by atoms with Crippen LogP contribution in [0.1, 0.15) is 16.4 Å². The number of hydrogen-bond donors (Lipinski definition) is 2. The van der Waals surface area contributed by atoms with Crippen LogP contribution in [0.2, 0.25) is 0 Å². The van der Waals surface area contributed by atoms with Crippen LogP contribution in [0, 0.1) is 17.6 Å². The fourth-order valence-electron chi connectivity index (χ4n) is 5.20. The molecule has 15 heteroatoms. The molecular formula is C28H20F2N4O6S3. The molecule has 220 valence electrons. The molecule has 0 spiro atoms. The highest BCUT2D eigenvalue weighted by molar-refractivity contribution is 8.00. The van der Waals surface area contributed by atoms with E-state index in [1.807, 2.05) is 0 Å². The first-order chi connectivity index (χ1) is 20.4. The summed E-state index contributed by atoms with van der Waals surface area (Å²) in [7, 11) is -3.93. The van der Waals surface area contributed by atoms with Crippen LogP contribution in [0.15, 0.2) is 87.5 Å². The van der Waals surface area contributed by atoms with Crippen molar-refractivity contribution < 1.29 is 31.6 Å². The van der Waals surface area contributed by atoms with E-state index in [4.69, 9.17) is 5.14 Å². The number of carbonyl (C=O) groups is 3. The van der Waals surface area contributed by atoms with Gasteiger partial charge in [0.25, 0.3) is 0 Å². The van der Waals surface area contributed by atoms with Gasteiger partial charge in [0.2, 0.25) is 27.7 Å². The first kappa shape index (κ1) is 28.9. The van der Waals surface area contributed by atoms with Crippen molar-refractivity contribution in [2.75, 3.05) is 10.2 Å². The first-order valence-electron chi connectivity index (χ1n) is 12.6. The summed E-state index contributed by atoms with van der Waals surface area (Å²) in [6, 6.07) is 15.5. The lowest BCUT2D eigenvalue weighted by Gasteiger charge is -2.30. The van der Waals surface area contributed by atoms with E-state index >= 15 is 0 Å². The molecule has 0 radical (unpaired) electrons. The van der Waals surface area contributed by atoms with E-state index in [0.717, 1.165) is 40.1 Å². The minimum Gasteiger partial charge on any atom is -0.325 e. The number of nitrogens with two attached hydrogens (primary N) is 1. The Hall–Kier alpha value is -4.18. The highest BCUT2D eigenvalue weighted by atomic mass is 32.2. The number of amides is 3. The number of sulfonamides is 1. The van der Waals surface area contributed by atoms with Crippen molar-refractivity contribution in [3.05, 3.63) is 105 Å². The molecule has 2 aliphatic rings. The van der Waals surface area contributed by atoms with Crippen LogP contribution in [0.3, 0.4) is 0 Å². The Balaban J connectivity index is 1.36. The molecule has 3 unspecified atom stereocenters. The molecule has 2 aliphatic heterocycles. The molecule has 3 heterocycles. The van der Waals surface area contributed by atoms with Gasteiger partial charge in [-0.15, -0.1) is 0 Å². The molecule has 10 nitrogen and oxygen atoms in total. The van der Waals surface area contributed by atoms with Gasteiger partial charge >= 0.3 is 4.87 Å². The number of nitrogens with zero attached hydrogens (tertiary/aromatic N) is 2. The molecule has 3 atom stereocenters. The number of carbonyl (C=O) groups excluding carboxylic acids is 3. The predicted octanol–water partition coefficient (Wildman–Crippen LogP) is 3.27. The van der Waals surface area contributed by atoms with Crippen LogP contribution < -0.4 is 20.2 Å². The van der Waals surface area contributed by atoms with Crippen LogP contribution in [0.25, 0.3) is 0 Å². The quantitative estimate of drug-likeness (QED) is 0.307. The molecule has 0 bridgehead atoms. The largest absolute Gasteiger partial charge is 0.325 e. The van der Waals surface area contributed by atoms with Gasteiger partial charge in [-0.1, -0.05) is 35.2 Å². The zero-order valence-electron chi connectivity index (χ0n) is 21.8. The lowest BCUT2D eigenvalue weighted by atomic mass is 9.83. The van der Waals surface area contributed by atoms with Crippen LogP contribution >= 0.6 is 23.1 Å². The summed E-state index contributed by atoms with van der Waals surface area (Å²) in [5.74, 6) is -4.49. The molecule has 0 aliphatic carbocycles. The lowest BCUT2D eigenvalue weighted by Crippen LogP contribution is -2.33. The van der Waals surface area contributed by atoms with Gasteiger partial charge in [0.1, 0.15) is 23.4 Å². The second-order valence-corrected chi connectivity index (χ2v) is 13.5.